The number of imidazole rings is 1. The lowest BCUT2D eigenvalue weighted by Crippen LogP contribution is -2.24. The molecule has 5 heteroatoms. The van der Waals surface area contributed by atoms with Gasteiger partial charge in [-0.15, -0.1) is 0 Å². The first kappa shape index (κ1) is 16.9. The second-order valence-corrected chi connectivity index (χ2v) is 8.05. The number of para-hydroxylation sites is 2. The summed E-state index contributed by atoms with van der Waals surface area (Å²) in [6, 6.07) is 8.64. The van der Waals surface area contributed by atoms with Crippen LogP contribution in [0.25, 0.3) is 11.0 Å². The van der Waals surface area contributed by atoms with Gasteiger partial charge in [-0.25, -0.2) is 15.0 Å². The molecule has 1 saturated heterocycles. The standard InChI is InChI=1S/C22H27N5/c1-2-7-17(8-3-1)21-23-13-16(14-24-21)15-27-12-6-11-20(27)22-25-18-9-4-5-10-19(18)26-22/h4-5,9-10,13-14,17,20H,1-3,6-8,11-12,15H2,(H,25,26). The van der Waals surface area contributed by atoms with Crippen LogP contribution in [-0.4, -0.2) is 31.4 Å². The average molecular weight is 361 g/mol. The molecule has 0 bridgehead atoms. The van der Waals surface area contributed by atoms with Crippen molar-refractivity contribution in [3.05, 3.63) is 53.9 Å². The molecule has 5 rings (SSSR count). The lowest BCUT2D eigenvalue weighted by atomic mass is 9.89. The van der Waals surface area contributed by atoms with Crippen molar-refractivity contribution < 1.29 is 0 Å². The highest BCUT2D eigenvalue weighted by Gasteiger charge is 2.28. The number of aromatic nitrogens is 4. The van der Waals surface area contributed by atoms with E-state index >= 15 is 0 Å². The summed E-state index contributed by atoms with van der Waals surface area (Å²) >= 11 is 0. The molecule has 0 radical (unpaired) electrons. The molecule has 1 saturated carbocycles. The van der Waals surface area contributed by atoms with Gasteiger partial charge in [-0.3, -0.25) is 4.90 Å². The molecule has 1 aliphatic heterocycles. The third-order valence-corrected chi connectivity index (χ3v) is 6.17. The van der Waals surface area contributed by atoms with E-state index in [-0.39, 0.29) is 0 Å². The largest absolute Gasteiger partial charge is 0.341 e. The first-order chi connectivity index (χ1) is 13.4. The van der Waals surface area contributed by atoms with Gasteiger partial charge in [0, 0.05) is 30.4 Å². The van der Waals surface area contributed by atoms with Crippen molar-refractivity contribution in [1.82, 2.24) is 24.8 Å². The van der Waals surface area contributed by atoms with Gasteiger partial charge in [0.1, 0.15) is 11.6 Å². The molecular weight excluding hydrogens is 334 g/mol. The summed E-state index contributed by atoms with van der Waals surface area (Å²) in [5, 5.41) is 0. The second-order valence-electron chi connectivity index (χ2n) is 8.05. The van der Waals surface area contributed by atoms with Gasteiger partial charge in [0.15, 0.2) is 0 Å². The van der Waals surface area contributed by atoms with Crippen LogP contribution in [0.4, 0.5) is 0 Å². The number of H-pyrrole nitrogens is 1. The van der Waals surface area contributed by atoms with Crippen molar-refractivity contribution in [3.63, 3.8) is 0 Å². The molecule has 1 unspecified atom stereocenters. The predicted octanol–water partition coefficient (Wildman–Crippen LogP) is 4.74. The molecule has 1 atom stereocenters. The highest BCUT2D eigenvalue weighted by atomic mass is 15.2. The topological polar surface area (TPSA) is 57.7 Å². The summed E-state index contributed by atoms with van der Waals surface area (Å²) in [6.07, 6.45) is 13.0. The summed E-state index contributed by atoms with van der Waals surface area (Å²) in [5.41, 5.74) is 3.39. The molecule has 2 aliphatic rings. The van der Waals surface area contributed by atoms with E-state index in [4.69, 9.17) is 15.0 Å². The Labute approximate surface area is 160 Å². The maximum Gasteiger partial charge on any atom is 0.131 e. The molecule has 140 valence electrons. The summed E-state index contributed by atoms with van der Waals surface area (Å²) in [4.78, 5) is 20.3. The zero-order valence-corrected chi connectivity index (χ0v) is 15.8. The van der Waals surface area contributed by atoms with Crippen LogP contribution in [0.2, 0.25) is 0 Å². The Morgan fingerprint density at radius 3 is 2.59 bits per heavy atom. The summed E-state index contributed by atoms with van der Waals surface area (Å²) in [7, 11) is 0. The van der Waals surface area contributed by atoms with Crippen LogP contribution in [0.3, 0.4) is 0 Å². The van der Waals surface area contributed by atoms with Gasteiger partial charge in [0.05, 0.1) is 17.1 Å². The van der Waals surface area contributed by atoms with Gasteiger partial charge in [-0.2, -0.15) is 0 Å². The van der Waals surface area contributed by atoms with Crippen molar-refractivity contribution in [1.29, 1.82) is 0 Å². The van der Waals surface area contributed by atoms with Crippen molar-refractivity contribution >= 4 is 11.0 Å². The normalized spacial score (nSPS) is 21.9. The molecule has 27 heavy (non-hydrogen) atoms. The minimum atomic E-state index is 0.357. The Balaban J connectivity index is 1.30. The molecular formula is C22H27N5. The van der Waals surface area contributed by atoms with E-state index in [9.17, 15) is 0 Å². The smallest absolute Gasteiger partial charge is 0.131 e. The molecule has 2 aromatic heterocycles. The summed E-state index contributed by atoms with van der Waals surface area (Å²) in [6.45, 7) is 2.00. The molecule has 1 N–H and O–H groups in total. The Morgan fingerprint density at radius 2 is 1.78 bits per heavy atom. The number of nitrogens with one attached hydrogen (secondary N) is 1. The van der Waals surface area contributed by atoms with Crippen LogP contribution in [0.5, 0.6) is 0 Å². The van der Waals surface area contributed by atoms with E-state index < -0.39 is 0 Å². The van der Waals surface area contributed by atoms with Gasteiger partial charge in [-0.05, 0) is 44.4 Å². The summed E-state index contributed by atoms with van der Waals surface area (Å²) < 4.78 is 0. The highest BCUT2D eigenvalue weighted by Crippen LogP contribution is 2.33. The molecule has 5 nitrogen and oxygen atoms in total. The number of aromatic amines is 1. The number of likely N-dealkylation sites (tertiary alicyclic amines) is 1. The maximum absolute atomic E-state index is 4.83. The van der Waals surface area contributed by atoms with Gasteiger partial charge >= 0.3 is 0 Å². The molecule has 0 amide bonds. The van der Waals surface area contributed by atoms with Crippen LogP contribution in [0, 0.1) is 0 Å². The number of rotatable bonds is 4. The minimum absolute atomic E-state index is 0.357. The fourth-order valence-electron chi connectivity index (χ4n) is 4.71. The van der Waals surface area contributed by atoms with Crippen molar-refractivity contribution in [3.8, 4) is 0 Å². The average Bonchev–Trinajstić information content (AvgIpc) is 3.35. The van der Waals surface area contributed by atoms with Crippen LogP contribution >= 0.6 is 0 Å². The first-order valence-corrected chi connectivity index (χ1v) is 10.4. The maximum atomic E-state index is 4.83. The lowest BCUT2D eigenvalue weighted by Gasteiger charge is -2.23. The second kappa shape index (κ2) is 7.39. The Hall–Kier alpha value is -2.27. The number of hydrogen-bond donors (Lipinski definition) is 1. The third-order valence-electron chi connectivity index (χ3n) is 6.17. The Morgan fingerprint density at radius 1 is 0.963 bits per heavy atom. The molecule has 3 aromatic rings. The third kappa shape index (κ3) is 3.48. The molecule has 1 aliphatic carbocycles. The molecule has 3 heterocycles. The monoisotopic (exact) mass is 361 g/mol. The number of hydrogen-bond acceptors (Lipinski definition) is 4. The first-order valence-electron chi connectivity index (χ1n) is 10.4. The van der Waals surface area contributed by atoms with E-state index in [1.54, 1.807) is 0 Å². The van der Waals surface area contributed by atoms with Gasteiger partial charge < -0.3 is 4.98 Å². The van der Waals surface area contributed by atoms with Crippen molar-refractivity contribution in [2.45, 2.75) is 63.5 Å². The van der Waals surface area contributed by atoms with Gasteiger partial charge in [0.2, 0.25) is 0 Å². The van der Waals surface area contributed by atoms with E-state index in [1.807, 2.05) is 18.5 Å². The SMILES string of the molecule is c1ccc2[nH]c(C3CCCN3Cc3cnc(C4CCCCC4)nc3)nc2c1. The van der Waals surface area contributed by atoms with Gasteiger partial charge in [-0.1, -0.05) is 31.4 Å². The number of nitrogens with zero attached hydrogens (tertiary/aromatic N) is 4. The molecule has 2 fully saturated rings. The Kier molecular flexibility index (Phi) is 4.62. The van der Waals surface area contributed by atoms with Crippen LogP contribution in [0.15, 0.2) is 36.7 Å². The van der Waals surface area contributed by atoms with E-state index in [1.165, 1.54) is 44.1 Å². The van der Waals surface area contributed by atoms with Crippen LogP contribution in [0.1, 0.15) is 74.1 Å². The molecule has 0 spiro atoms. The van der Waals surface area contributed by atoms with Crippen LogP contribution < -0.4 is 0 Å². The van der Waals surface area contributed by atoms with Crippen molar-refractivity contribution in [2.24, 2.45) is 0 Å². The number of benzene rings is 1. The minimum Gasteiger partial charge on any atom is -0.341 e. The Bertz CT molecular complexity index is 861. The fraction of sp³-hybridized carbons (Fsp3) is 0.500. The quantitative estimate of drug-likeness (QED) is 0.729. The zero-order chi connectivity index (χ0) is 18.1. The van der Waals surface area contributed by atoms with E-state index in [2.05, 4.69) is 28.1 Å². The number of fused-ring (bicyclic) bond motifs is 1. The molecule has 1 aromatic carbocycles. The predicted molar refractivity (Wildman–Crippen MR) is 106 cm³/mol. The van der Waals surface area contributed by atoms with E-state index in [0.29, 0.717) is 12.0 Å². The highest BCUT2D eigenvalue weighted by molar-refractivity contribution is 5.74. The van der Waals surface area contributed by atoms with Crippen molar-refractivity contribution in [2.75, 3.05) is 6.54 Å². The summed E-state index contributed by atoms with van der Waals surface area (Å²) in [5.74, 6) is 2.71. The van der Waals surface area contributed by atoms with Gasteiger partial charge in [0.25, 0.3) is 0 Å². The fourth-order valence-corrected chi connectivity index (χ4v) is 4.71. The zero-order valence-electron chi connectivity index (χ0n) is 15.8. The van der Waals surface area contributed by atoms with Crippen LogP contribution in [-0.2, 0) is 6.54 Å². The van der Waals surface area contributed by atoms with E-state index in [0.717, 1.165) is 42.2 Å². The lowest BCUT2D eigenvalue weighted by molar-refractivity contribution is 0.240.